The fourth-order valence-electron chi connectivity index (χ4n) is 5.14. The van der Waals surface area contributed by atoms with Gasteiger partial charge in [-0.1, -0.05) is 12.2 Å². The molecule has 1 aromatic heterocycles. The number of methoxy groups -OCH3 is 1. The number of furan rings is 1. The molecule has 32 heavy (non-hydrogen) atoms. The first-order valence-electron chi connectivity index (χ1n) is 10.7. The zero-order valence-electron chi connectivity index (χ0n) is 18.5. The molecule has 0 aliphatic carbocycles. The molecule has 5 rings (SSSR count). The quantitative estimate of drug-likeness (QED) is 0.299. The Kier molecular flexibility index (Phi) is 4.59. The van der Waals surface area contributed by atoms with Gasteiger partial charge in [0, 0.05) is 19.8 Å². The van der Waals surface area contributed by atoms with Crippen LogP contribution >= 0.6 is 0 Å². The number of carbonyl (C=O) groups excluding carboxylic acids is 3. The number of carbonyl (C=O) groups is 3. The molecule has 4 bridgehead atoms. The van der Waals surface area contributed by atoms with Crippen LogP contribution in [0.4, 0.5) is 0 Å². The van der Waals surface area contributed by atoms with E-state index in [4.69, 9.17) is 28.1 Å². The van der Waals surface area contributed by atoms with E-state index in [2.05, 4.69) is 6.58 Å². The topological polar surface area (TPSA) is 117 Å². The van der Waals surface area contributed by atoms with E-state index in [-0.39, 0.29) is 18.4 Å². The molecule has 0 unspecified atom stereocenters. The Morgan fingerprint density at radius 3 is 2.62 bits per heavy atom. The number of hydrogen-bond donors (Lipinski definition) is 0. The van der Waals surface area contributed by atoms with Crippen molar-refractivity contribution < 1.29 is 42.5 Å². The molecular formula is C23H26O9. The van der Waals surface area contributed by atoms with Gasteiger partial charge in [0.25, 0.3) is 0 Å². The largest absolute Gasteiger partial charge is 0.465 e. The van der Waals surface area contributed by atoms with Crippen LogP contribution in [0, 0.1) is 5.92 Å². The van der Waals surface area contributed by atoms with Gasteiger partial charge in [-0.2, -0.15) is 0 Å². The van der Waals surface area contributed by atoms with Gasteiger partial charge >= 0.3 is 17.9 Å². The molecule has 0 spiro atoms. The molecule has 172 valence electrons. The second kappa shape index (κ2) is 6.92. The Hall–Kier alpha value is -2.65. The summed E-state index contributed by atoms with van der Waals surface area (Å²) in [6.07, 6.45) is -1.33. The van der Waals surface area contributed by atoms with Crippen molar-refractivity contribution in [3.05, 3.63) is 35.3 Å². The van der Waals surface area contributed by atoms with Gasteiger partial charge in [0.15, 0.2) is 0 Å². The van der Waals surface area contributed by atoms with E-state index in [1.165, 1.54) is 14.0 Å². The fraction of sp³-hybridized carbons (Fsp3) is 0.609. The summed E-state index contributed by atoms with van der Waals surface area (Å²) in [5, 5.41) is 0. The molecule has 9 heteroatoms. The van der Waals surface area contributed by atoms with E-state index in [1.807, 2.05) is 13.8 Å². The fourth-order valence-corrected chi connectivity index (χ4v) is 5.14. The van der Waals surface area contributed by atoms with E-state index >= 15 is 0 Å². The van der Waals surface area contributed by atoms with Crippen molar-refractivity contribution in [3.63, 3.8) is 0 Å². The smallest absolute Gasteiger partial charge is 0.345 e. The molecule has 4 aliphatic rings. The minimum absolute atomic E-state index is 0.264. The third-order valence-electron chi connectivity index (χ3n) is 7.00. The van der Waals surface area contributed by atoms with Crippen LogP contribution in [0.1, 0.15) is 61.6 Å². The Balaban J connectivity index is 1.58. The summed E-state index contributed by atoms with van der Waals surface area (Å²) in [6.45, 7) is 9.10. The maximum Gasteiger partial charge on any atom is 0.345 e. The summed E-state index contributed by atoms with van der Waals surface area (Å²) in [7, 11) is 1.31. The summed E-state index contributed by atoms with van der Waals surface area (Å²) in [6, 6.07) is 1.65. The lowest BCUT2D eigenvalue weighted by molar-refractivity contribution is -0.165. The van der Waals surface area contributed by atoms with Crippen LogP contribution < -0.4 is 0 Å². The number of allylic oxidation sites excluding steroid dienone is 1. The van der Waals surface area contributed by atoms with Crippen molar-refractivity contribution >= 4 is 17.9 Å². The van der Waals surface area contributed by atoms with Gasteiger partial charge in [-0.3, -0.25) is 4.79 Å². The lowest BCUT2D eigenvalue weighted by Crippen LogP contribution is -2.42. The van der Waals surface area contributed by atoms with E-state index in [0.29, 0.717) is 29.9 Å². The van der Waals surface area contributed by atoms with Crippen LogP contribution in [-0.2, 0) is 39.7 Å². The zero-order valence-corrected chi connectivity index (χ0v) is 18.5. The average Bonchev–Trinajstić information content (AvgIpc) is 3.54. The highest BCUT2D eigenvalue weighted by molar-refractivity contribution is 5.91. The molecule has 1 aromatic rings. The van der Waals surface area contributed by atoms with Crippen molar-refractivity contribution in [1.82, 2.24) is 0 Å². The number of rotatable bonds is 3. The van der Waals surface area contributed by atoms with Gasteiger partial charge in [0.05, 0.1) is 7.11 Å². The van der Waals surface area contributed by atoms with Gasteiger partial charge in [0.1, 0.15) is 47.1 Å². The van der Waals surface area contributed by atoms with Crippen molar-refractivity contribution in [2.24, 2.45) is 5.92 Å². The molecule has 3 saturated heterocycles. The SMILES string of the molecule is C=C(C)[C@H]1Cc2oc(cc2C(=O)OC)[C@H]2O[C@]2(C)C[C@@H]2OC(=O)[C@]3(O[C@@H]23)[C@H](OC(C)=O)C1. The molecular weight excluding hydrogens is 420 g/mol. The Morgan fingerprint density at radius 1 is 1.25 bits per heavy atom. The lowest BCUT2D eigenvalue weighted by atomic mass is 9.83. The van der Waals surface area contributed by atoms with E-state index in [1.54, 1.807) is 6.07 Å². The second-order valence-electron chi connectivity index (χ2n) is 9.35. The molecule has 0 aromatic carbocycles. The number of esters is 3. The Morgan fingerprint density at radius 2 is 2.00 bits per heavy atom. The number of epoxide rings is 2. The van der Waals surface area contributed by atoms with Crippen LogP contribution in [0.2, 0.25) is 0 Å². The minimum Gasteiger partial charge on any atom is -0.465 e. The van der Waals surface area contributed by atoms with Crippen LogP contribution in [0.15, 0.2) is 22.6 Å². The minimum atomic E-state index is -1.32. The first kappa shape index (κ1) is 21.2. The third-order valence-corrected chi connectivity index (χ3v) is 7.00. The third kappa shape index (κ3) is 3.09. The highest BCUT2D eigenvalue weighted by Crippen LogP contribution is 2.59. The number of ether oxygens (including phenoxy) is 5. The molecule has 0 amide bonds. The zero-order chi connectivity index (χ0) is 23.0. The standard InChI is InChI=1S/C23H26O9/c1-10(2)12-6-14-13(20(25)27-5)8-15(29-14)18-22(4,31-18)9-16-19-23(32-19,21(26)30-16)17(7-12)28-11(3)24/h8,12,16-19H,1,6-7,9H2,2-5H3/t12-,16-,17+,18+,19-,22+,23-/m0/s1. The maximum atomic E-state index is 12.9. The molecule has 9 nitrogen and oxygen atoms in total. The van der Waals surface area contributed by atoms with Gasteiger partial charge < -0.3 is 28.1 Å². The number of hydrogen-bond acceptors (Lipinski definition) is 9. The molecule has 7 atom stereocenters. The number of fused-ring (bicyclic) bond motifs is 4. The average molecular weight is 446 g/mol. The van der Waals surface area contributed by atoms with Gasteiger partial charge in [-0.15, -0.1) is 0 Å². The monoisotopic (exact) mass is 446 g/mol. The summed E-state index contributed by atoms with van der Waals surface area (Å²) >= 11 is 0. The van der Waals surface area contributed by atoms with E-state index in [9.17, 15) is 14.4 Å². The van der Waals surface area contributed by atoms with Crippen molar-refractivity contribution in [2.45, 2.75) is 75.7 Å². The Labute approximate surface area is 184 Å². The highest BCUT2D eigenvalue weighted by atomic mass is 16.7. The van der Waals surface area contributed by atoms with Gasteiger partial charge in [-0.25, -0.2) is 9.59 Å². The summed E-state index contributed by atoms with van der Waals surface area (Å²) in [4.78, 5) is 37.2. The van der Waals surface area contributed by atoms with Crippen LogP contribution in [0.3, 0.4) is 0 Å². The van der Waals surface area contributed by atoms with Crippen molar-refractivity contribution in [3.8, 4) is 0 Å². The molecule has 0 N–H and O–H groups in total. The van der Waals surface area contributed by atoms with Crippen LogP contribution in [-0.4, -0.2) is 54.5 Å². The van der Waals surface area contributed by atoms with Crippen LogP contribution in [0.25, 0.3) is 0 Å². The summed E-state index contributed by atoms with van der Waals surface area (Å²) in [5.74, 6) is -0.856. The van der Waals surface area contributed by atoms with E-state index < -0.39 is 47.4 Å². The maximum absolute atomic E-state index is 12.9. The van der Waals surface area contributed by atoms with Gasteiger partial charge in [-0.05, 0) is 32.3 Å². The molecule has 0 radical (unpaired) electrons. The van der Waals surface area contributed by atoms with Crippen molar-refractivity contribution in [1.29, 1.82) is 0 Å². The van der Waals surface area contributed by atoms with E-state index in [0.717, 1.165) is 5.57 Å². The summed E-state index contributed by atoms with van der Waals surface area (Å²) < 4.78 is 34.1. The highest BCUT2D eigenvalue weighted by Gasteiger charge is 2.79. The lowest BCUT2D eigenvalue weighted by Gasteiger charge is -2.26. The predicted octanol–water partition coefficient (Wildman–Crippen LogP) is 2.42. The van der Waals surface area contributed by atoms with Crippen molar-refractivity contribution in [2.75, 3.05) is 7.11 Å². The predicted molar refractivity (Wildman–Crippen MR) is 107 cm³/mol. The second-order valence-corrected chi connectivity index (χ2v) is 9.35. The first-order chi connectivity index (χ1) is 15.1. The molecule has 0 saturated carbocycles. The van der Waals surface area contributed by atoms with Gasteiger partial charge in [0.2, 0.25) is 5.60 Å². The molecule has 4 aliphatic heterocycles. The normalized spacial score (nSPS) is 39.2. The summed E-state index contributed by atoms with van der Waals surface area (Å²) in [5.41, 5.74) is -0.859. The Bertz CT molecular complexity index is 1020. The van der Waals surface area contributed by atoms with Crippen LogP contribution in [0.5, 0.6) is 0 Å². The first-order valence-corrected chi connectivity index (χ1v) is 10.7. The molecule has 3 fully saturated rings. The molecule has 5 heterocycles.